The molecule has 0 spiro atoms. The Balaban J connectivity index is 0.00000147. The van der Waals surface area contributed by atoms with Crippen LogP contribution >= 0.6 is 12.4 Å². The average Bonchev–Trinajstić information content (AvgIpc) is 3.16. The maximum Gasteiger partial charge on any atom is 0.223 e. The van der Waals surface area contributed by atoms with Crippen molar-refractivity contribution in [2.24, 2.45) is 11.3 Å². The number of nitrogens with zero attached hydrogens (tertiary/aromatic N) is 1. The minimum absolute atomic E-state index is 0. The van der Waals surface area contributed by atoms with Crippen LogP contribution < -0.4 is 10.6 Å². The number of rotatable bonds is 4. The third-order valence-corrected chi connectivity index (χ3v) is 4.94. The van der Waals surface area contributed by atoms with Crippen molar-refractivity contribution in [3.8, 4) is 0 Å². The molecule has 1 atom stereocenters. The maximum absolute atomic E-state index is 11.8. The predicted octanol–water partition coefficient (Wildman–Crippen LogP) is 1.40. The molecule has 1 aliphatic carbocycles. The molecule has 0 aromatic carbocycles. The van der Waals surface area contributed by atoms with Gasteiger partial charge in [-0.1, -0.05) is 6.92 Å². The molecule has 2 N–H and O–H groups in total. The number of hydrogen-bond donors (Lipinski definition) is 2. The molecule has 3 rings (SSSR count). The van der Waals surface area contributed by atoms with E-state index in [0.717, 1.165) is 45.3 Å². The molecule has 0 aromatic rings. The number of likely N-dealkylation sites (tertiary alicyclic amines) is 1. The van der Waals surface area contributed by atoms with Crippen molar-refractivity contribution < 1.29 is 4.79 Å². The molecule has 1 saturated carbocycles. The first kappa shape index (κ1) is 16.1. The van der Waals surface area contributed by atoms with Crippen LogP contribution in [0.1, 0.15) is 39.0 Å². The lowest BCUT2D eigenvalue weighted by molar-refractivity contribution is -0.123. The molecule has 2 saturated heterocycles. The van der Waals surface area contributed by atoms with Gasteiger partial charge in [-0.3, -0.25) is 4.79 Å². The molecule has 2 heterocycles. The van der Waals surface area contributed by atoms with E-state index in [1.807, 2.05) is 0 Å². The molecule has 3 aliphatic rings. The quantitative estimate of drug-likeness (QED) is 0.825. The Hall–Kier alpha value is -0.320. The lowest BCUT2D eigenvalue weighted by Crippen LogP contribution is -2.48. The van der Waals surface area contributed by atoms with Gasteiger partial charge in [-0.25, -0.2) is 0 Å². The number of carbonyl (C=O) groups is 1. The van der Waals surface area contributed by atoms with E-state index >= 15 is 0 Å². The van der Waals surface area contributed by atoms with E-state index in [2.05, 4.69) is 22.5 Å². The van der Waals surface area contributed by atoms with Gasteiger partial charge >= 0.3 is 0 Å². The first-order valence-corrected chi connectivity index (χ1v) is 7.88. The van der Waals surface area contributed by atoms with Gasteiger partial charge in [0.1, 0.15) is 0 Å². The first-order valence-electron chi connectivity index (χ1n) is 7.88. The monoisotopic (exact) mass is 301 g/mol. The normalized spacial score (nSPS) is 31.9. The lowest BCUT2D eigenvalue weighted by atomic mass is 9.88. The molecule has 116 valence electrons. The van der Waals surface area contributed by atoms with E-state index in [1.165, 1.54) is 19.5 Å². The summed E-state index contributed by atoms with van der Waals surface area (Å²) in [7, 11) is 0. The van der Waals surface area contributed by atoms with Crippen LogP contribution in [0.2, 0.25) is 0 Å². The number of hydrogen-bond acceptors (Lipinski definition) is 3. The van der Waals surface area contributed by atoms with Gasteiger partial charge in [0.25, 0.3) is 0 Å². The number of carbonyl (C=O) groups excluding carboxylic acids is 1. The van der Waals surface area contributed by atoms with E-state index in [1.54, 1.807) is 0 Å². The van der Waals surface area contributed by atoms with Gasteiger partial charge in [0, 0.05) is 38.1 Å². The Morgan fingerprint density at radius 3 is 2.55 bits per heavy atom. The average molecular weight is 302 g/mol. The minimum atomic E-state index is 0. The zero-order chi connectivity index (χ0) is 13.3. The maximum atomic E-state index is 11.8. The highest BCUT2D eigenvalue weighted by atomic mass is 35.5. The smallest absolute Gasteiger partial charge is 0.223 e. The van der Waals surface area contributed by atoms with E-state index in [4.69, 9.17) is 0 Å². The molecular formula is C15H28ClN3O. The van der Waals surface area contributed by atoms with Crippen LogP contribution in [-0.2, 0) is 4.79 Å². The fourth-order valence-electron chi connectivity index (χ4n) is 3.44. The Kier molecular flexibility index (Phi) is 5.32. The van der Waals surface area contributed by atoms with Crippen LogP contribution in [0, 0.1) is 11.3 Å². The standard InChI is InChI=1S/C15H27N3O.ClH/c1-15(6-7-16-10-15)11-18-8-4-13(5-9-18)17-14(19)12-2-3-12;/h12-13,16H,2-11H2,1H3,(H,17,19);1H. The highest BCUT2D eigenvalue weighted by Crippen LogP contribution is 2.30. The Bertz CT molecular complexity index is 332. The van der Waals surface area contributed by atoms with Crippen LogP contribution in [0.3, 0.4) is 0 Å². The van der Waals surface area contributed by atoms with Crippen molar-refractivity contribution in [3.63, 3.8) is 0 Å². The molecule has 5 heteroatoms. The molecule has 1 amide bonds. The highest BCUT2D eigenvalue weighted by Gasteiger charge is 2.34. The fraction of sp³-hybridized carbons (Fsp3) is 0.933. The summed E-state index contributed by atoms with van der Waals surface area (Å²) in [6.45, 7) is 8.23. The Morgan fingerprint density at radius 1 is 1.30 bits per heavy atom. The third-order valence-electron chi connectivity index (χ3n) is 4.94. The highest BCUT2D eigenvalue weighted by molar-refractivity contribution is 5.85. The molecule has 0 aromatic heterocycles. The summed E-state index contributed by atoms with van der Waals surface area (Å²) >= 11 is 0. The predicted molar refractivity (Wildman–Crippen MR) is 83.2 cm³/mol. The van der Waals surface area contributed by atoms with Crippen LogP contribution in [0.25, 0.3) is 0 Å². The largest absolute Gasteiger partial charge is 0.353 e. The van der Waals surface area contributed by atoms with E-state index in [-0.39, 0.29) is 12.4 Å². The van der Waals surface area contributed by atoms with E-state index in [0.29, 0.717) is 23.3 Å². The number of nitrogens with one attached hydrogen (secondary N) is 2. The van der Waals surface area contributed by atoms with E-state index in [9.17, 15) is 4.79 Å². The van der Waals surface area contributed by atoms with Crippen molar-refractivity contribution in [3.05, 3.63) is 0 Å². The lowest BCUT2D eigenvalue weighted by Gasteiger charge is -2.37. The zero-order valence-electron chi connectivity index (χ0n) is 12.5. The van der Waals surface area contributed by atoms with Crippen LogP contribution in [0.4, 0.5) is 0 Å². The van der Waals surface area contributed by atoms with Gasteiger partial charge in [0.05, 0.1) is 0 Å². The van der Waals surface area contributed by atoms with Crippen molar-refractivity contribution in [1.82, 2.24) is 15.5 Å². The van der Waals surface area contributed by atoms with Gasteiger partial charge in [-0.05, 0) is 44.1 Å². The zero-order valence-corrected chi connectivity index (χ0v) is 13.3. The summed E-state index contributed by atoms with van der Waals surface area (Å²) < 4.78 is 0. The molecule has 1 unspecified atom stereocenters. The molecular weight excluding hydrogens is 274 g/mol. The molecule has 0 bridgehead atoms. The summed E-state index contributed by atoms with van der Waals surface area (Å²) in [6.07, 6.45) is 5.77. The van der Waals surface area contributed by atoms with Crippen molar-refractivity contribution in [2.45, 2.75) is 45.1 Å². The van der Waals surface area contributed by atoms with Crippen molar-refractivity contribution >= 4 is 18.3 Å². The summed E-state index contributed by atoms with van der Waals surface area (Å²) in [5.74, 6) is 0.659. The summed E-state index contributed by atoms with van der Waals surface area (Å²) in [6, 6.07) is 0.429. The Morgan fingerprint density at radius 2 is 2.00 bits per heavy atom. The second-order valence-electron chi connectivity index (χ2n) is 7.07. The van der Waals surface area contributed by atoms with Crippen LogP contribution in [0.5, 0.6) is 0 Å². The van der Waals surface area contributed by atoms with Gasteiger partial charge in [-0.2, -0.15) is 0 Å². The Labute approximate surface area is 128 Å². The number of halogens is 1. The summed E-state index contributed by atoms with van der Waals surface area (Å²) in [5.41, 5.74) is 0.462. The summed E-state index contributed by atoms with van der Waals surface area (Å²) in [4.78, 5) is 14.3. The minimum Gasteiger partial charge on any atom is -0.353 e. The summed E-state index contributed by atoms with van der Waals surface area (Å²) in [5, 5.41) is 6.70. The second kappa shape index (κ2) is 6.63. The molecule has 3 fully saturated rings. The van der Waals surface area contributed by atoms with E-state index < -0.39 is 0 Å². The number of piperidine rings is 1. The first-order chi connectivity index (χ1) is 9.15. The molecule has 0 radical (unpaired) electrons. The topological polar surface area (TPSA) is 44.4 Å². The van der Waals surface area contributed by atoms with Crippen LogP contribution in [-0.4, -0.2) is 49.6 Å². The number of amides is 1. The van der Waals surface area contributed by atoms with Crippen molar-refractivity contribution in [1.29, 1.82) is 0 Å². The van der Waals surface area contributed by atoms with Gasteiger partial charge in [-0.15, -0.1) is 12.4 Å². The molecule has 2 aliphatic heterocycles. The third kappa shape index (κ3) is 4.09. The fourth-order valence-corrected chi connectivity index (χ4v) is 3.44. The second-order valence-corrected chi connectivity index (χ2v) is 7.07. The van der Waals surface area contributed by atoms with Gasteiger partial charge in [0.2, 0.25) is 5.91 Å². The van der Waals surface area contributed by atoms with Crippen molar-refractivity contribution in [2.75, 3.05) is 32.7 Å². The van der Waals surface area contributed by atoms with Gasteiger partial charge < -0.3 is 15.5 Å². The van der Waals surface area contributed by atoms with Crippen LogP contribution in [0.15, 0.2) is 0 Å². The molecule has 4 nitrogen and oxygen atoms in total. The molecule has 20 heavy (non-hydrogen) atoms. The van der Waals surface area contributed by atoms with Gasteiger partial charge in [0.15, 0.2) is 0 Å². The SMILES string of the molecule is CC1(CN2CCC(NC(=O)C3CC3)CC2)CCNC1.Cl.